The van der Waals surface area contributed by atoms with Gasteiger partial charge in [-0.1, -0.05) is 36.4 Å². The number of amides is 1. The highest BCUT2D eigenvalue weighted by Gasteiger charge is 2.46. The third-order valence-electron chi connectivity index (χ3n) is 7.19. The van der Waals surface area contributed by atoms with E-state index in [0.29, 0.717) is 56.0 Å². The van der Waals surface area contributed by atoms with E-state index in [-0.39, 0.29) is 23.5 Å². The van der Waals surface area contributed by atoms with E-state index < -0.39 is 5.41 Å². The molecule has 2 aromatic carbocycles. The largest absolute Gasteiger partial charge is 0.381 e. The van der Waals surface area contributed by atoms with E-state index in [0.717, 1.165) is 18.5 Å². The molecule has 1 atom stereocenters. The number of hydrogen-bond donors (Lipinski definition) is 0. The minimum atomic E-state index is -0.909. The molecule has 3 heterocycles. The van der Waals surface area contributed by atoms with Gasteiger partial charge in [0.2, 0.25) is 5.91 Å². The summed E-state index contributed by atoms with van der Waals surface area (Å²) in [7, 11) is 0. The van der Waals surface area contributed by atoms with Crippen molar-refractivity contribution in [3.63, 3.8) is 0 Å². The van der Waals surface area contributed by atoms with Crippen LogP contribution in [0.5, 0.6) is 0 Å². The number of halogens is 2. The second-order valence-electron chi connectivity index (χ2n) is 9.19. The zero-order valence-corrected chi connectivity index (χ0v) is 19.1. The summed E-state index contributed by atoms with van der Waals surface area (Å²) < 4.78 is 34.7. The summed E-state index contributed by atoms with van der Waals surface area (Å²) in [5, 5.41) is 0. The average molecular weight is 463 g/mol. The molecule has 6 heteroatoms. The summed E-state index contributed by atoms with van der Waals surface area (Å²) in [5.74, 6) is -0.637. The van der Waals surface area contributed by atoms with E-state index >= 15 is 0 Å². The van der Waals surface area contributed by atoms with Gasteiger partial charge in [-0.15, -0.1) is 0 Å². The van der Waals surface area contributed by atoms with Crippen LogP contribution >= 0.6 is 0 Å². The van der Waals surface area contributed by atoms with Crippen molar-refractivity contribution in [1.82, 2.24) is 9.88 Å². The molecule has 3 aromatic rings. The zero-order valence-electron chi connectivity index (χ0n) is 19.1. The fourth-order valence-corrected chi connectivity index (χ4v) is 5.37. The predicted octanol–water partition coefficient (Wildman–Crippen LogP) is 5.48. The highest BCUT2D eigenvalue weighted by atomic mass is 19.1. The number of carbonyl (C=O) groups excluding carboxylic acids is 1. The maximum atomic E-state index is 14.9. The number of hydrogen-bond acceptors (Lipinski definition) is 3. The summed E-state index contributed by atoms with van der Waals surface area (Å²) in [6.07, 6.45) is 2.67. The lowest BCUT2D eigenvalue weighted by molar-refractivity contribution is -0.142. The fraction of sp³-hybridized carbons (Fsp3) is 0.357. The molecule has 1 amide bonds. The molecule has 2 aliphatic heterocycles. The lowest BCUT2D eigenvalue weighted by Gasteiger charge is -2.42. The predicted molar refractivity (Wildman–Crippen MR) is 126 cm³/mol. The van der Waals surface area contributed by atoms with Gasteiger partial charge in [0.15, 0.2) is 0 Å². The van der Waals surface area contributed by atoms with E-state index in [1.54, 1.807) is 36.4 Å². The van der Waals surface area contributed by atoms with Crippen LogP contribution in [0.4, 0.5) is 8.78 Å². The molecule has 0 radical (unpaired) electrons. The second kappa shape index (κ2) is 9.63. The molecule has 0 saturated carbocycles. The highest BCUT2D eigenvalue weighted by Crippen LogP contribution is 2.40. The minimum Gasteiger partial charge on any atom is -0.381 e. The lowest BCUT2D eigenvalue weighted by atomic mass is 9.72. The summed E-state index contributed by atoms with van der Waals surface area (Å²) in [4.78, 5) is 20.6. The zero-order chi connectivity index (χ0) is 23.5. The van der Waals surface area contributed by atoms with Crippen LogP contribution in [0.1, 0.15) is 42.9 Å². The molecular weight excluding hydrogens is 434 g/mol. The van der Waals surface area contributed by atoms with E-state index in [1.165, 1.54) is 12.1 Å². The molecule has 0 aliphatic carbocycles. The third-order valence-corrected chi connectivity index (χ3v) is 7.19. The number of piperidine rings is 1. The van der Waals surface area contributed by atoms with Gasteiger partial charge in [-0.2, -0.15) is 0 Å². The van der Waals surface area contributed by atoms with Crippen molar-refractivity contribution >= 4 is 5.91 Å². The van der Waals surface area contributed by atoms with Crippen molar-refractivity contribution in [1.29, 1.82) is 0 Å². The normalized spacial score (nSPS) is 20.2. The number of nitrogens with zero attached hydrogens (tertiary/aromatic N) is 2. The molecule has 4 nitrogen and oxygen atoms in total. The first kappa shape index (κ1) is 22.7. The summed E-state index contributed by atoms with van der Waals surface area (Å²) in [6, 6.07) is 18.9. The Bertz CT molecular complexity index is 1180. The van der Waals surface area contributed by atoms with Crippen LogP contribution in [0.25, 0.3) is 11.3 Å². The molecule has 34 heavy (non-hydrogen) atoms. The average Bonchev–Trinajstić information content (AvgIpc) is 2.89. The maximum Gasteiger partial charge on any atom is 0.233 e. The number of ether oxygens (including phenoxy) is 1. The number of rotatable bonds is 4. The van der Waals surface area contributed by atoms with Crippen LogP contribution < -0.4 is 0 Å². The first-order valence-electron chi connectivity index (χ1n) is 11.9. The summed E-state index contributed by atoms with van der Waals surface area (Å²) in [5.41, 5.74) is 1.46. The standard InChI is InChI=1S/C28H28F2N2O2/c29-23-10-3-1-8-21(23)26-13-5-12-25(31-26)20-7-6-16-32(19-20)27(33)28(14-17-34-18-15-28)22-9-2-4-11-24(22)30/h1-5,8-13,20H,6-7,14-19H2/t20-/m1/s1. The van der Waals surface area contributed by atoms with Gasteiger partial charge < -0.3 is 9.64 Å². The number of carbonyl (C=O) groups is 1. The number of pyridine rings is 1. The fourth-order valence-electron chi connectivity index (χ4n) is 5.37. The van der Waals surface area contributed by atoms with E-state index in [9.17, 15) is 13.6 Å². The van der Waals surface area contributed by atoms with Gasteiger partial charge in [-0.05, 0) is 56.0 Å². The molecule has 0 bridgehead atoms. The van der Waals surface area contributed by atoms with E-state index in [1.807, 2.05) is 23.1 Å². The van der Waals surface area contributed by atoms with Crippen molar-refractivity contribution in [3.05, 3.63) is 89.6 Å². The van der Waals surface area contributed by atoms with Crippen molar-refractivity contribution in [2.75, 3.05) is 26.3 Å². The molecule has 2 fully saturated rings. The topological polar surface area (TPSA) is 42.4 Å². The molecule has 2 aliphatic rings. The Balaban J connectivity index is 1.42. The van der Waals surface area contributed by atoms with Gasteiger partial charge in [-0.25, -0.2) is 8.78 Å². The summed E-state index contributed by atoms with van der Waals surface area (Å²) in [6.45, 7) is 2.02. The SMILES string of the molecule is O=C(N1CCC[C@@H](c2cccc(-c3ccccc3F)n2)C1)C1(c2ccccc2F)CCOCC1. The van der Waals surface area contributed by atoms with Crippen LogP contribution in [0, 0.1) is 11.6 Å². The Morgan fingerprint density at radius 1 is 0.941 bits per heavy atom. The number of likely N-dealkylation sites (tertiary alicyclic amines) is 1. The molecule has 176 valence electrons. The van der Waals surface area contributed by atoms with Gasteiger partial charge in [-0.3, -0.25) is 9.78 Å². The monoisotopic (exact) mass is 462 g/mol. The Morgan fingerprint density at radius 3 is 2.44 bits per heavy atom. The Kier molecular flexibility index (Phi) is 6.42. The van der Waals surface area contributed by atoms with Crippen molar-refractivity contribution < 1.29 is 18.3 Å². The maximum absolute atomic E-state index is 14.9. The Morgan fingerprint density at radius 2 is 1.68 bits per heavy atom. The lowest BCUT2D eigenvalue weighted by Crippen LogP contribution is -2.52. The van der Waals surface area contributed by atoms with Crippen molar-refractivity contribution in [3.8, 4) is 11.3 Å². The second-order valence-corrected chi connectivity index (χ2v) is 9.19. The van der Waals surface area contributed by atoms with Gasteiger partial charge in [0.1, 0.15) is 11.6 Å². The van der Waals surface area contributed by atoms with E-state index in [2.05, 4.69) is 0 Å². The Labute approximate surface area is 198 Å². The molecule has 0 spiro atoms. The van der Waals surface area contributed by atoms with Crippen LogP contribution in [0.3, 0.4) is 0 Å². The molecule has 1 aromatic heterocycles. The molecule has 5 rings (SSSR count). The molecule has 2 saturated heterocycles. The van der Waals surface area contributed by atoms with Crippen molar-refractivity contribution in [2.24, 2.45) is 0 Å². The minimum absolute atomic E-state index is 0.0316. The van der Waals surface area contributed by atoms with E-state index in [4.69, 9.17) is 9.72 Å². The number of benzene rings is 2. The molecule has 0 N–H and O–H groups in total. The quantitative estimate of drug-likeness (QED) is 0.516. The first-order chi connectivity index (χ1) is 16.6. The van der Waals surface area contributed by atoms with Gasteiger partial charge in [0, 0.05) is 49.0 Å². The van der Waals surface area contributed by atoms with Crippen LogP contribution in [0.15, 0.2) is 66.7 Å². The van der Waals surface area contributed by atoms with Gasteiger partial charge >= 0.3 is 0 Å². The van der Waals surface area contributed by atoms with Gasteiger partial charge in [0.25, 0.3) is 0 Å². The first-order valence-corrected chi connectivity index (χ1v) is 11.9. The highest BCUT2D eigenvalue weighted by molar-refractivity contribution is 5.88. The number of aromatic nitrogens is 1. The molecular formula is C28H28F2N2O2. The van der Waals surface area contributed by atoms with Crippen LogP contribution in [-0.4, -0.2) is 42.1 Å². The van der Waals surface area contributed by atoms with Crippen LogP contribution in [0.2, 0.25) is 0 Å². The smallest absolute Gasteiger partial charge is 0.233 e. The third kappa shape index (κ3) is 4.23. The summed E-state index contributed by atoms with van der Waals surface area (Å²) >= 11 is 0. The van der Waals surface area contributed by atoms with Gasteiger partial charge in [0.05, 0.1) is 11.1 Å². The Hall–Kier alpha value is -3.12. The van der Waals surface area contributed by atoms with Crippen LogP contribution in [-0.2, 0) is 14.9 Å². The molecule has 0 unspecified atom stereocenters. The van der Waals surface area contributed by atoms with Crippen molar-refractivity contribution in [2.45, 2.75) is 37.0 Å².